The fourth-order valence-electron chi connectivity index (χ4n) is 1.22. The molecule has 0 heterocycles. The summed E-state index contributed by atoms with van der Waals surface area (Å²) in [6.45, 7) is 2.43. The van der Waals surface area contributed by atoms with Crippen molar-refractivity contribution >= 4 is 5.78 Å². The molecule has 0 saturated carbocycles. The van der Waals surface area contributed by atoms with Crippen molar-refractivity contribution in [1.82, 2.24) is 5.32 Å². The maximum absolute atomic E-state index is 13.2. The highest BCUT2D eigenvalue weighted by Gasteiger charge is 2.17. The molecule has 16 heavy (non-hydrogen) atoms. The van der Waals surface area contributed by atoms with Crippen LogP contribution < -0.4 is 5.32 Å². The Labute approximate surface area is 91.5 Å². The lowest BCUT2D eigenvalue weighted by Crippen LogP contribution is -2.24. The first kappa shape index (κ1) is 12.7. The number of hydrogen-bond donors (Lipinski definition) is 1. The van der Waals surface area contributed by atoms with Gasteiger partial charge in [-0.2, -0.15) is 0 Å². The molecule has 88 valence electrons. The standard InChI is InChI=1S/C11H12F3NO/c1-2-5-15-6-9(16)7-3-4-8(12)11(14)10(7)13/h3-4,15H,2,5-6H2,1H3. The monoisotopic (exact) mass is 231 g/mol. The van der Waals surface area contributed by atoms with E-state index in [-0.39, 0.29) is 6.54 Å². The van der Waals surface area contributed by atoms with Gasteiger partial charge < -0.3 is 5.32 Å². The largest absolute Gasteiger partial charge is 0.310 e. The van der Waals surface area contributed by atoms with Crippen molar-refractivity contribution in [2.75, 3.05) is 13.1 Å². The van der Waals surface area contributed by atoms with Crippen molar-refractivity contribution in [2.45, 2.75) is 13.3 Å². The third-order valence-corrected chi connectivity index (χ3v) is 2.05. The second-order valence-electron chi connectivity index (χ2n) is 3.32. The molecule has 0 aliphatic rings. The molecular formula is C11H12F3NO. The molecule has 0 aromatic heterocycles. The summed E-state index contributed by atoms with van der Waals surface area (Å²) in [7, 11) is 0. The van der Waals surface area contributed by atoms with Crippen LogP contribution in [0.1, 0.15) is 23.7 Å². The smallest absolute Gasteiger partial charge is 0.195 e. The molecule has 0 fully saturated rings. The summed E-state index contributed by atoms with van der Waals surface area (Å²) < 4.78 is 38.6. The topological polar surface area (TPSA) is 29.1 Å². The normalized spacial score (nSPS) is 10.5. The van der Waals surface area contributed by atoms with Crippen LogP contribution in [0, 0.1) is 17.5 Å². The van der Waals surface area contributed by atoms with Crippen molar-refractivity contribution in [1.29, 1.82) is 0 Å². The van der Waals surface area contributed by atoms with Gasteiger partial charge in [0, 0.05) is 0 Å². The van der Waals surface area contributed by atoms with Crippen molar-refractivity contribution < 1.29 is 18.0 Å². The number of rotatable bonds is 5. The van der Waals surface area contributed by atoms with Crippen LogP contribution in [0.15, 0.2) is 12.1 Å². The Kier molecular flexibility index (Phi) is 4.49. The van der Waals surface area contributed by atoms with E-state index < -0.39 is 28.8 Å². The highest BCUT2D eigenvalue weighted by molar-refractivity contribution is 5.97. The Hall–Kier alpha value is -1.36. The van der Waals surface area contributed by atoms with E-state index in [1.165, 1.54) is 0 Å². The summed E-state index contributed by atoms with van der Waals surface area (Å²) in [6, 6.07) is 1.69. The second-order valence-corrected chi connectivity index (χ2v) is 3.32. The van der Waals surface area contributed by atoms with Crippen LogP contribution in [0.4, 0.5) is 13.2 Å². The third-order valence-electron chi connectivity index (χ3n) is 2.05. The zero-order chi connectivity index (χ0) is 12.1. The first-order chi connectivity index (χ1) is 7.57. The van der Waals surface area contributed by atoms with Crippen LogP contribution in [-0.2, 0) is 0 Å². The van der Waals surface area contributed by atoms with Crippen molar-refractivity contribution in [2.24, 2.45) is 0 Å². The number of carbonyl (C=O) groups is 1. The minimum atomic E-state index is -1.61. The highest BCUT2D eigenvalue weighted by atomic mass is 19.2. The van der Waals surface area contributed by atoms with E-state index >= 15 is 0 Å². The van der Waals surface area contributed by atoms with Crippen LogP contribution >= 0.6 is 0 Å². The molecule has 0 spiro atoms. The second kappa shape index (κ2) is 5.65. The van der Waals surface area contributed by atoms with E-state index in [4.69, 9.17) is 0 Å². The van der Waals surface area contributed by atoms with Crippen LogP contribution in [0.25, 0.3) is 0 Å². The SMILES string of the molecule is CCCNCC(=O)c1ccc(F)c(F)c1F. The quantitative estimate of drug-likeness (QED) is 0.478. The van der Waals surface area contributed by atoms with Gasteiger partial charge in [-0.1, -0.05) is 6.92 Å². The molecule has 0 radical (unpaired) electrons. The average Bonchev–Trinajstić information content (AvgIpc) is 2.26. The van der Waals surface area contributed by atoms with Gasteiger partial charge in [-0.05, 0) is 25.1 Å². The number of Topliss-reactive ketones (excluding diaryl/α,β-unsaturated/α-hetero) is 1. The van der Waals surface area contributed by atoms with E-state index in [2.05, 4.69) is 5.32 Å². The third kappa shape index (κ3) is 2.82. The number of nitrogens with one attached hydrogen (secondary N) is 1. The number of ketones is 1. The first-order valence-corrected chi connectivity index (χ1v) is 4.95. The Morgan fingerprint density at radius 1 is 1.25 bits per heavy atom. The van der Waals surface area contributed by atoms with E-state index in [1.807, 2.05) is 6.92 Å². The summed E-state index contributed by atoms with van der Waals surface area (Å²) in [5, 5.41) is 2.76. The molecule has 0 saturated heterocycles. The molecule has 2 nitrogen and oxygen atoms in total. The van der Waals surface area contributed by atoms with Crippen molar-refractivity contribution in [3.63, 3.8) is 0 Å². The van der Waals surface area contributed by atoms with Gasteiger partial charge in [-0.25, -0.2) is 13.2 Å². The maximum Gasteiger partial charge on any atom is 0.195 e. The first-order valence-electron chi connectivity index (χ1n) is 4.95. The van der Waals surface area contributed by atoms with Gasteiger partial charge in [0.25, 0.3) is 0 Å². The number of hydrogen-bond acceptors (Lipinski definition) is 2. The Balaban J connectivity index is 2.80. The molecule has 0 bridgehead atoms. The molecule has 0 atom stereocenters. The molecule has 0 aliphatic heterocycles. The fraction of sp³-hybridized carbons (Fsp3) is 0.364. The molecule has 1 aromatic rings. The summed E-state index contributed by atoms with van der Waals surface area (Å²) >= 11 is 0. The minimum absolute atomic E-state index is 0.0875. The average molecular weight is 231 g/mol. The number of halogens is 3. The van der Waals surface area contributed by atoms with Crippen molar-refractivity contribution in [3.8, 4) is 0 Å². The Bertz CT molecular complexity index is 393. The molecule has 1 rings (SSSR count). The van der Waals surface area contributed by atoms with Gasteiger partial charge in [0.15, 0.2) is 23.2 Å². The zero-order valence-electron chi connectivity index (χ0n) is 8.82. The van der Waals surface area contributed by atoms with Gasteiger partial charge >= 0.3 is 0 Å². The van der Waals surface area contributed by atoms with Gasteiger partial charge in [0.1, 0.15) is 0 Å². The number of carbonyl (C=O) groups excluding carboxylic acids is 1. The van der Waals surface area contributed by atoms with E-state index in [0.29, 0.717) is 6.54 Å². The maximum atomic E-state index is 13.2. The summed E-state index contributed by atoms with van der Waals surface area (Å²) in [4.78, 5) is 11.4. The number of benzene rings is 1. The summed E-state index contributed by atoms with van der Waals surface area (Å²) in [6.07, 6.45) is 0.827. The molecule has 0 amide bonds. The minimum Gasteiger partial charge on any atom is -0.310 e. The van der Waals surface area contributed by atoms with E-state index in [9.17, 15) is 18.0 Å². The molecule has 1 aromatic carbocycles. The van der Waals surface area contributed by atoms with Crippen LogP contribution in [-0.4, -0.2) is 18.9 Å². The molecule has 0 unspecified atom stereocenters. The zero-order valence-corrected chi connectivity index (χ0v) is 8.82. The summed E-state index contributed by atoms with van der Waals surface area (Å²) in [5.41, 5.74) is -0.428. The Morgan fingerprint density at radius 3 is 2.56 bits per heavy atom. The Morgan fingerprint density at radius 2 is 1.94 bits per heavy atom. The predicted molar refractivity (Wildman–Crippen MR) is 53.8 cm³/mol. The van der Waals surface area contributed by atoms with Gasteiger partial charge in [0.05, 0.1) is 12.1 Å². The lowest BCUT2D eigenvalue weighted by atomic mass is 10.1. The van der Waals surface area contributed by atoms with Gasteiger partial charge in [-0.3, -0.25) is 4.79 Å². The predicted octanol–water partition coefficient (Wildman–Crippen LogP) is 2.29. The lowest BCUT2D eigenvalue weighted by molar-refractivity contribution is 0.0986. The summed E-state index contributed by atoms with van der Waals surface area (Å²) in [5.74, 6) is -4.93. The van der Waals surface area contributed by atoms with Crippen molar-refractivity contribution in [3.05, 3.63) is 35.1 Å². The lowest BCUT2D eigenvalue weighted by Gasteiger charge is -2.04. The molecular weight excluding hydrogens is 219 g/mol. The van der Waals surface area contributed by atoms with Gasteiger partial charge in [-0.15, -0.1) is 0 Å². The van der Waals surface area contributed by atoms with Crippen LogP contribution in [0.2, 0.25) is 0 Å². The van der Waals surface area contributed by atoms with E-state index in [1.54, 1.807) is 0 Å². The van der Waals surface area contributed by atoms with E-state index in [0.717, 1.165) is 18.6 Å². The van der Waals surface area contributed by atoms with Gasteiger partial charge in [0.2, 0.25) is 0 Å². The highest BCUT2D eigenvalue weighted by Crippen LogP contribution is 2.15. The van der Waals surface area contributed by atoms with Crippen LogP contribution in [0.5, 0.6) is 0 Å². The molecule has 0 aliphatic carbocycles. The molecule has 1 N–H and O–H groups in total. The fourth-order valence-corrected chi connectivity index (χ4v) is 1.22. The van der Waals surface area contributed by atoms with Crippen LogP contribution in [0.3, 0.4) is 0 Å². The molecule has 5 heteroatoms.